The molecule has 2 N–H and O–H groups in total. The lowest BCUT2D eigenvalue weighted by Crippen LogP contribution is -2.68. The first-order valence-electron chi connectivity index (χ1n) is 13.1. The van der Waals surface area contributed by atoms with Gasteiger partial charge in [0.05, 0.1) is 12.1 Å². The number of rotatable bonds is 5. The fourth-order valence-electron chi connectivity index (χ4n) is 6.07. The van der Waals surface area contributed by atoms with Crippen molar-refractivity contribution in [3.63, 3.8) is 0 Å². The molecule has 0 fully saturated rings. The number of aliphatic hydroxyl groups is 1. The van der Waals surface area contributed by atoms with Crippen molar-refractivity contribution in [3.05, 3.63) is 108 Å². The predicted molar refractivity (Wildman–Crippen MR) is 160 cm³/mol. The molecule has 6 aromatic rings. The summed E-state index contributed by atoms with van der Waals surface area (Å²) in [5, 5.41) is 17.0. The van der Waals surface area contributed by atoms with Crippen LogP contribution in [0, 0.1) is 6.92 Å². The fourth-order valence-corrected chi connectivity index (χ4v) is 10.5. The molecule has 0 unspecified atom stereocenters. The van der Waals surface area contributed by atoms with Crippen LogP contribution in [-0.2, 0) is 6.61 Å². The zero-order valence-corrected chi connectivity index (χ0v) is 23.2. The number of nitrogens with one attached hydrogen (secondary N) is 1. The standard InChI is InChI=1S/C33H32N2O2Si/c1-22-28-20-34-18-17-26(28)29(21-36)32-31(22)27-19-23(15-16-30(27)35-32)37-38(33(2,3)4,24-11-7-5-8-12-24)25-13-9-6-10-14-25/h5-20,35-36H,21H2,1-4H3. The van der Waals surface area contributed by atoms with E-state index >= 15 is 0 Å². The van der Waals surface area contributed by atoms with Gasteiger partial charge < -0.3 is 14.5 Å². The van der Waals surface area contributed by atoms with Gasteiger partial charge in [-0.3, -0.25) is 4.98 Å². The largest absolute Gasteiger partial charge is 0.534 e. The SMILES string of the molecule is Cc1c2cnccc2c(CO)c2[nH]c3ccc(O[Si](c4ccccc4)(c4ccccc4)C(C)(C)C)cc3c12. The molecule has 4 nitrogen and oxygen atoms in total. The first-order chi connectivity index (χ1) is 18.3. The molecule has 0 aliphatic carbocycles. The Hall–Kier alpha value is -3.93. The van der Waals surface area contributed by atoms with E-state index in [0.717, 1.165) is 49.5 Å². The summed E-state index contributed by atoms with van der Waals surface area (Å²) < 4.78 is 7.31. The van der Waals surface area contributed by atoms with Gasteiger partial charge in [0.1, 0.15) is 5.75 Å². The third-order valence-electron chi connectivity index (χ3n) is 7.84. The van der Waals surface area contributed by atoms with E-state index in [2.05, 4.69) is 117 Å². The van der Waals surface area contributed by atoms with E-state index in [1.54, 1.807) is 6.20 Å². The van der Waals surface area contributed by atoms with Gasteiger partial charge in [-0.25, -0.2) is 0 Å². The Balaban J connectivity index is 1.62. The Kier molecular flexibility index (Phi) is 5.86. The highest BCUT2D eigenvalue weighted by atomic mass is 28.4. The molecule has 6 rings (SSSR count). The van der Waals surface area contributed by atoms with E-state index in [1.807, 2.05) is 12.3 Å². The van der Waals surface area contributed by atoms with E-state index in [9.17, 15) is 5.11 Å². The van der Waals surface area contributed by atoms with Gasteiger partial charge in [-0.05, 0) is 57.6 Å². The number of hydrogen-bond acceptors (Lipinski definition) is 3. The van der Waals surface area contributed by atoms with E-state index in [4.69, 9.17) is 4.43 Å². The maximum atomic E-state index is 10.3. The van der Waals surface area contributed by atoms with Crippen molar-refractivity contribution in [2.24, 2.45) is 0 Å². The Morgan fingerprint density at radius 2 is 1.50 bits per heavy atom. The monoisotopic (exact) mass is 516 g/mol. The van der Waals surface area contributed by atoms with Gasteiger partial charge in [0.15, 0.2) is 0 Å². The number of aryl methyl sites for hydroxylation is 1. The minimum Gasteiger partial charge on any atom is -0.534 e. The minimum absolute atomic E-state index is 0.0461. The summed E-state index contributed by atoms with van der Waals surface area (Å²) in [7, 11) is -2.76. The van der Waals surface area contributed by atoms with Crippen molar-refractivity contribution in [3.8, 4) is 5.75 Å². The molecule has 4 aromatic carbocycles. The number of H-pyrrole nitrogens is 1. The molecule has 0 aliphatic rings. The lowest BCUT2D eigenvalue weighted by molar-refractivity contribution is 0.284. The molecule has 0 aliphatic heterocycles. The summed E-state index contributed by atoms with van der Waals surface area (Å²) in [4.78, 5) is 7.96. The zero-order valence-electron chi connectivity index (χ0n) is 22.2. The first-order valence-corrected chi connectivity index (χ1v) is 15.0. The molecule has 0 amide bonds. The number of fused-ring (bicyclic) bond motifs is 4. The topological polar surface area (TPSA) is 58.1 Å². The van der Waals surface area contributed by atoms with Gasteiger partial charge in [0.2, 0.25) is 0 Å². The number of aliphatic hydroxyl groups excluding tert-OH is 1. The highest BCUT2D eigenvalue weighted by molar-refractivity contribution is 7.00. The number of pyridine rings is 1. The second kappa shape index (κ2) is 9.12. The lowest BCUT2D eigenvalue weighted by atomic mass is 9.96. The van der Waals surface area contributed by atoms with Gasteiger partial charge in [0.25, 0.3) is 0 Å². The maximum absolute atomic E-state index is 10.3. The average Bonchev–Trinajstić information content (AvgIpc) is 3.31. The summed E-state index contributed by atoms with van der Waals surface area (Å²) >= 11 is 0. The molecular formula is C33H32N2O2Si. The third kappa shape index (κ3) is 3.65. The van der Waals surface area contributed by atoms with Gasteiger partial charge in [-0.15, -0.1) is 0 Å². The molecule has 38 heavy (non-hydrogen) atoms. The molecule has 0 saturated heterocycles. The molecule has 2 heterocycles. The molecule has 0 saturated carbocycles. The molecule has 0 bridgehead atoms. The highest BCUT2D eigenvalue weighted by Crippen LogP contribution is 2.41. The van der Waals surface area contributed by atoms with Gasteiger partial charge >= 0.3 is 8.32 Å². The number of aromatic amines is 1. The summed E-state index contributed by atoms with van der Waals surface area (Å²) in [6.07, 6.45) is 3.68. The van der Waals surface area contributed by atoms with Crippen LogP contribution in [0.1, 0.15) is 31.9 Å². The molecule has 0 atom stereocenters. The number of benzene rings is 4. The summed E-state index contributed by atoms with van der Waals surface area (Å²) in [5.74, 6) is 0.851. The van der Waals surface area contributed by atoms with Crippen molar-refractivity contribution in [1.29, 1.82) is 0 Å². The number of hydrogen-bond donors (Lipinski definition) is 2. The predicted octanol–water partition coefficient (Wildman–Crippen LogP) is 6.61. The first kappa shape index (κ1) is 24.4. The van der Waals surface area contributed by atoms with Gasteiger partial charge in [-0.2, -0.15) is 0 Å². The van der Waals surface area contributed by atoms with Crippen molar-refractivity contribution in [2.45, 2.75) is 39.3 Å². The molecule has 0 spiro atoms. The van der Waals surface area contributed by atoms with Crippen LogP contribution in [0.25, 0.3) is 32.6 Å². The zero-order chi connectivity index (χ0) is 26.5. The average molecular weight is 517 g/mol. The summed E-state index contributed by atoms with van der Waals surface area (Å²) in [6.45, 7) is 8.97. The van der Waals surface area contributed by atoms with Gasteiger partial charge in [0, 0.05) is 39.6 Å². The highest BCUT2D eigenvalue weighted by Gasteiger charge is 2.52. The van der Waals surface area contributed by atoms with Crippen LogP contribution in [-0.4, -0.2) is 23.4 Å². The fraction of sp³-hybridized carbons (Fsp3) is 0.182. The Morgan fingerprint density at radius 1 is 0.842 bits per heavy atom. The van der Waals surface area contributed by atoms with Gasteiger partial charge in [-0.1, -0.05) is 81.4 Å². The van der Waals surface area contributed by atoms with Crippen LogP contribution >= 0.6 is 0 Å². The Morgan fingerprint density at radius 3 is 2.11 bits per heavy atom. The molecule has 0 radical (unpaired) electrons. The van der Waals surface area contributed by atoms with E-state index in [0.29, 0.717) is 0 Å². The van der Waals surface area contributed by atoms with Crippen LogP contribution in [0.5, 0.6) is 5.75 Å². The van der Waals surface area contributed by atoms with Crippen LogP contribution in [0.2, 0.25) is 5.04 Å². The second-order valence-corrected chi connectivity index (χ2v) is 15.3. The summed E-state index contributed by atoms with van der Waals surface area (Å²) in [6, 6.07) is 29.7. The normalized spacial score (nSPS) is 12.4. The summed E-state index contributed by atoms with van der Waals surface area (Å²) in [5.41, 5.74) is 4.04. The second-order valence-electron chi connectivity index (χ2n) is 11.0. The molecule has 190 valence electrons. The third-order valence-corrected chi connectivity index (χ3v) is 12.8. The Labute approximate surface area is 224 Å². The molecule has 2 aromatic heterocycles. The van der Waals surface area contributed by atoms with E-state index < -0.39 is 8.32 Å². The van der Waals surface area contributed by atoms with E-state index in [-0.39, 0.29) is 11.6 Å². The van der Waals surface area contributed by atoms with Crippen LogP contribution in [0.4, 0.5) is 0 Å². The van der Waals surface area contributed by atoms with Crippen molar-refractivity contribution in [1.82, 2.24) is 9.97 Å². The van der Waals surface area contributed by atoms with Crippen molar-refractivity contribution in [2.75, 3.05) is 0 Å². The maximum Gasteiger partial charge on any atom is 0.319 e. The van der Waals surface area contributed by atoms with Crippen LogP contribution in [0.15, 0.2) is 97.3 Å². The number of aromatic nitrogens is 2. The smallest absolute Gasteiger partial charge is 0.319 e. The number of nitrogens with zero attached hydrogens (tertiary/aromatic N) is 1. The molecule has 5 heteroatoms. The van der Waals surface area contributed by atoms with Crippen molar-refractivity contribution < 1.29 is 9.53 Å². The van der Waals surface area contributed by atoms with Crippen LogP contribution in [0.3, 0.4) is 0 Å². The molecular weight excluding hydrogens is 484 g/mol. The van der Waals surface area contributed by atoms with Crippen LogP contribution < -0.4 is 14.8 Å². The minimum atomic E-state index is -2.76. The lowest BCUT2D eigenvalue weighted by Gasteiger charge is -2.43. The Bertz CT molecular complexity index is 1730. The quantitative estimate of drug-likeness (QED) is 0.254. The van der Waals surface area contributed by atoms with Crippen molar-refractivity contribution >= 4 is 51.3 Å². The van der Waals surface area contributed by atoms with E-state index in [1.165, 1.54) is 10.4 Å².